The molecule has 7 nitrogen and oxygen atoms in total. The molecule has 8 heteroatoms. The maximum Gasteiger partial charge on any atom is 0.276 e. The molecule has 0 radical (unpaired) electrons. The summed E-state index contributed by atoms with van der Waals surface area (Å²) in [6, 6.07) is 12.8. The van der Waals surface area contributed by atoms with E-state index in [0.29, 0.717) is 25.0 Å². The molecule has 1 amide bonds. The van der Waals surface area contributed by atoms with Crippen molar-refractivity contribution >= 4 is 17.7 Å². The van der Waals surface area contributed by atoms with Crippen molar-refractivity contribution in [3.05, 3.63) is 87.2 Å². The predicted octanol–water partition coefficient (Wildman–Crippen LogP) is 7.89. The second-order valence-electron chi connectivity index (χ2n) is 11.6. The monoisotopic (exact) mass is 573 g/mol. The van der Waals surface area contributed by atoms with Crippen LogP contribution >= 0.6 is 0 Å². The van der Waals surface area contributed by atoms with Gasteiger partial charge in [0.1, 0.15) is 11.6 Å². The molecular formula is C34H40FN3O4. The van der Waals surface area contributed by atoms with Gasteiger partial charge in [0.05, 0.1) is 16.6 Å². The zero-order valence-corrected chi connectivity index (χ0v) is 24.1. The first-order chi connectivity index (χ1) is 20.4. The Kier molecular flexibility index (Phi) is 11.3. The summed E-state index contributed by atoms with van der Waals surface area (Å²) in [5.41, 5.74) is 1.18. The highest BCUT2D eigenvalue weighted by molar-refractivity contribution is 5.87. The Bertz CT molecular complexity index is 1340. The first kappa shape index (κ1) is 31.0. The summed E-state index contributed by atoms with van der Waals surface area (Å²) in [6.07, 6.45) is 16.4. The number of carbonyl (C=O) groups excluding carboxylic acids is 1. The SMILES string of the molecule is N#C/C(=C\c1cc(F)ccc1[N+](=O)[O-])C(C/C=C/C(=O)N(CCc1cccc(O)c1)C1CCCCC1)C1CCCCC1. The topological polar surface area (TPSA) is 107 Å². The van der Waals surface area contributed by atoms with E-state index in [2.05, 4.69) is 6.07 Å². The molecule has 0 heterocycles. The average molecular weight is 574 g/mol. The fourth-order valence-electron chi connectivity index (χ4n) is 6.55. The van der Waals surface area contributed by atoms with Crippen LogP contribution in [0.5, 0.6) is 5.75 Å². The molecule has 222 valence electrons. The lowest BCUT2D eigenvalue weighted by Crippen LogP contribution is -2.41. The number of hydrogen-bond donors (Lipinski definition) is 1. The second kappa shape index (κ2) is 15.3. The Morgan fingerprint density at radius 3 is 2.48 bits per heavy atom. The third-order valence-electron chi connectivity index (χ3n) is 8.75. The van der Waals surface area contributed by atoms with Crippen LogP contribution in [0.2, 0.25) is 0 Å². The third-order valence-corrected chi connectivity index (χ3v) is 8.75. The van der Waals surface area contributed by atoms with Crippen molar-refractivity contribution in [1.29, 1.82) is 5.26 Å². The number of nitriles is 1. The van der Waals surface area contributed by atoms with E-state index in [-0.39, 0.29) is 40.8 Å². The van der Waals surface area contributed by atoms with Gasteiger partial charge in [-0.2, -0.15) is 5.26 Å². The molecule has 2 aromatic carbocycles. The van der Waals surface area contributed by atoms with Gasteiger partial charge in [-0.1, -0.05) is 56.7 Å². The van der Waals surface area contributed by atoms with Gasteiger partial charge < -0.3 is 10.0 Å². The molecule has 1 atom stereocenters. The molecule has 1 unspecified atom stereocenters. The standard InChI is InChI=1S/C34H40FN3O4/c35-29-17-18-33(38(41)42)27(23-29)22-28(24-36)32(26-10-3-1-4-11-26)15-8-16-34(40)37(30-12-5-2-6-13-30)20-19-25-9-7-14-31(39)21-25/h7-9,14,16-18,21-23,26,30,32,39H,1-6,10-13,15,19-20H2/b16-8+,28-22+. The molecular weight excluding hydrogens is 533 g/mol. The summed E-state index contributed by atoms with van der Waals surface area (Å²) < 4.78 is 14.0. The highest BCUT2D eigenvalue weighted by Gasteiger charge is 2.28. The van der Waals surface area contributed by atoms with Crippen LogP contribution in [-0.2, 0) is 11.2 Å². The molecule has 1 N–H and O–H groups in total. The van der Waals surface area contributed by atoms with Crippen molar-refractivity contribution in [3.8, 4) is 11.8 Å². The van der Waals surface area contributed by atoms with Crippen molar-refractivity contribution < 1.29 is 19.2 Å². The summed E-state index contributed by atoms with van der Waals surface area (Å²) >= 11 is 0. The van der Waals surface area contributed by atoms with Crippen molar-refractivity contribution in [3.63, 3.8) is 0 Å². The number of rotatable bonds is 11. The van der Waals surface area contributed by atoms with E-state index in [0.717, 1.165) is 81.5 Å². The number of hydrogen-bond acceptors (Lipinski definition) is 5. The molecule has 42 heavy (non-hydrogen) atoms. The van der Waals surface area contributed by atoms with Crippen LogP contribution < -0.4 is 0 Å². The van der Waals surface area contributed by atoms with Crippen molar-refractivity contribution in [2.24, 2.45) is 11.8 Å². The summed E-state index contributed by atoms with van der Waals surface area (Å²) in [4.78, 5) is 26.5. The summed E-state index contributed by atoms with van der Waals surface area (Å²) in [7, 11) is 0. The van der Waals surface area contributed by atoms with E-state index in [1.165, 1.54) is 12.5 Å². The predicted molar refractivity (Wildman–Crippen MR) is 161 cm³/mol. The lowest BCUT2D eigenvalue weighted by molar-refractivity contribution is -0.385. The average Bonchev–Trinajstić information content (AvgIpc) is 2.99. The normalized spacial score (nSPS) is 17.6. The van der Waals surface area contributed by atoms with Gasteiger partial charge in [0.25, 0.3) is 5.69 Å². The third kappa shape index (κ3) is 8.51. The molecule has 0 spiro atoms. The Morgan fingerprint density at radius 2 is 1.81 bits per heavy atom. The van der Waals surface area contributed by atoms with E-state index in [9.17, 15) is 29.7 Å². The molecule has 2 fully saturated rings. The number of allylic oxidation sites excluding steroid dienone is 2. The molecule has 2 saturated carbocycles. The maximum absolute atomic E-state index is 14.0. The van der Waals surface area contributed by atoms with Gasteiger partial charge in [-0.25, -0.2) is 4.39 Å². The number of aromatic hydroxyl groups is 1. The van der Waals surface area contributed by atoms with E-state index in [1.807, 2.05) is 23.1 Å². The number of amides is 1. The lowest BCUT2D eigenvalue weighted by Gasteiger charge is -2.34. The zero-order valence-electron chi connectivity index (χ0n) is 24.1. The fraction of sp³-hybridized carbons (Fsp3) is 0.471. The highest BCUT2D eigenvalue weighted by Crippen LogP contribution is 2.37. The van der Waals surface area contributed by atoms with Gasteiger partial charge >= 0.3 is 0 Å². The Hall–Kier alpha value is -3.99. The van der Waals surface area contributed by atoms with Crippen molar-refractivity contribution in [2.75, 3.05) is 6.54 Å². The molecule has 4 rings (SSSR count). The number of nitrogens with zero attached hydrogens (tertiary/aromatic N) is 3. The lowest BCUT2D eigenvalue weighted by atomic mass is 9.75. The fourth-order valence-corrected chi connectivity index (χ4v) is 6.55. The number of halogens is 1. The minimum absolute atomic E-state index is 0.0623. The Labute approximate surface area is 247 Å². The smallest absolute Gasteiger partial charge is 0.276 e. The number of phenols is 1. The van der Waals surface area contributed by atoms with Gasteiger partial charge in [-0.3, -0.25) is 14.9 Å². The number of carbonyl (C=O) groups is 1. The van der Waals surface area contributed by atoms with Crippen LogP contribution in [-0.4, -0.2) is 33.4 Å². The van der Waals surface area contributed by atoms with E-state index in [1.54, 1.807) is 18.2 Å². The largest absolute Gasteiger partial charge is 0.508 e. The number of phenolic OH excluding ortho intramolecular Hbond substituents is 1. The van der Waals surface area contributed by atoms with Gasteiger partial charge in [-0.15, -0.1) is 0 Å². The van der Waals surface area contributed by atoms with E-state index >= 15 is 0 Å². The summed E-state index contributed by atoms with van der Waals surface area (Å²) in [5, 5.41) is 31.6. The number of nitro benzene ring substituents is 1. The van der Waals surface area contributed by atoms with Crippen LogP contribution in [0.15, 0.2) is 60.2 Å². The molecule has 0 aromatic heterocycles. The second-order valence-corrected chi connectivity index (χ2v) is 11.6. The molecule has 2 aliphatic carbocycles. The van der Waals surface area contributed by atoms with E-state index < -0.39 is 10.7 Å². The Morgan fingerprint density at radius 1 is 1.10 bits per heavy atom. The molecule has 2 aromatic rings. The first-order valence-corrected chi connectivity index (χ1v) is 15.2. The van der Waals surface area contributed by atoms with Crippen molar-refractivity contribution in [2.45, 2.75) is 83.1 Å². The molecule has 0 aliphatic heterocycles. The number of benzene rings is 2. The van der Waals surface area contributed by atoms with Crippen LogP contribution in [0.1, 0.15) is 81.8 Å². The number of nitro groups is 1. The van der Waals surface area contributed by atoms with Crippen LogP contribution in [0.25, 0.3) is 6.08 Å². The minimum Gasteiger partial charge on any atom is -0.508 e. The van der Waals surface area contributed by atoms with Gasteiger partial charge in [0, 0.05) is 30.1 Å². The van der Waals surface area contributed by atoms with Gasteiger partial charge in [0.15, 0.2) is 0 Å². The van der Waals surface area contributed by atoms with Crippen molar-refractivity contribution in [1.82, 2.24) is 4.90 Å². The summed E-state index contributed by atoms with van der Waals surface area (Å²) in [6.45, 7) is 0.552. The van der Waals surface area contributed by atoms with E-state index in [4.69, 9.17) is 0 Å². The zero-order chi connectivity index (χ0) is 29.9. The minimum atomic E-state index is -0.600. The van der Waals surface area contributed by atoms with Crippen LogP contribution in [0, 0.1) is 39.1 Å². The van der Waals surface area contributed by atoms with Gasteiger partial charge in [-0.05, 0) is 86.4 Å². The summed E-state index contributed by atoms with van der Waals surface area (Å²) in [5.74, 6) is -0.471. The first-order valence-electron chi connectivity index (χ1n) is 15.2. The molecule has 2 aliphatic rings. The Balaban J connectivity index is 1.55. The van der Waals surface area contributed by atoms with Crippen LogP contribution in [0.4, 0.5) is 10.1 Å². The maximum atomic E-state index is 14.0. The molecule has 0 saturated heterocycles. The van der Waals surface area contributed by atoms with Gasteiger partial charge in [0.2, 0.25) is 5.91 Å². The quantitative estimate of drug-likeness (QED) is 0.127. The van der Waals surface area contributed by atoms with Crippen LogP contribution in [0.3, 0.4) is 0 Å². The molecule has 0 bridgehead atoms. The highest BCUT2D eigenvalue weighted by atomic mass is 19.1.